The van der Waals surface area contributed by atoms with Crippen LogP contribution in [0.15, 0.2) is 48.2 Å². The first-order valence-electron chi connectivity index (χ1n) is 8.64. The van der Waals surface area contributed by atoms with Crippen LogP contribution in [0.25, 0.3) is 5.57 Å². The summed E-state index contributed by atoms with van der Waals surface area (Å²) in [7, 11) is 1.54. The number of halogens is 1. The van der Waals surface area contributed by atoms with Gasteiger partial charge in [-0.25, -0.2) is 0 Å². The Morgan fingerprint density at radius 1 is 1.07 bits per heavy atom. The molecule has 6 heteroatoms. The number of hydrogen-bond acceptors (Lipinski definition) is 4. The van der Waals surface area contributed by atoms with Crippen LogP contribution in [-0.2, 0) is 9.59 Å². The van der Waals surface area contributed by atoms with Crippen molar-refractivity contribution in [3.05, 3.63) is 64.3 Å². The molecule has 1 heterocycles. The number of benzene rings is 2. The van der Waals surface area contributed by atoms with Crippen LogP contribution in [0.3, 0.4) is 0 Å². The number of carbonyl (C=O) groups excluding carboxylic acids is 2. The van der Waals surface area contributed by atoms with Crippen molar-refractivity contribution in [3.8, 4) is 5.75 Å². The van der Waals surface area contributed by atoms with Crippen molar-refractivity contribution >= 4 is 34.7 Å². The lowest BCUT2D eigenvalue weighted by Crippen LogP contribution is -2.38. The number of hydrogen-bond donors (Lipinski definition) is 1. The molecule has 1 aliphatic heterocycles. The maximum absolute atomic E-state index is 13.1. The second kappa shape index (κ2) is 7.45. The molecule has 0 atom stereocenters. The van der Waals surface area contributed by atoms with Crippen molar-refractivity contribution in [1.82, 2.24) is 4.90 Å². The van der Waals surface area contributed by atoms with E-state index in [1.165, 1.54) is 12.0 Å². The van der Waals surface area contributed by atoms with Gasteiger partial charge in [0.1, 0.15) is 11.4 Å². The van der Waals surface area contributed by atoms with E-state index in [-0.39, 0.29) is 23.6 Å². The van der Waals surface area contributed by atoms with Crippen molar-refractivity contribution in [2.75, 3.05) is 12.4 Å². The Morgan fingerprint density at radius 3 is 2.41 bits per heavy atom. The zero-order chi connectivity index (χ0) is 19.7. The molecule has 27 heavy (non-hydrogen) atoms. The lowest BCUT2D eigenvalue weighted by Gasteiger charge is -2.19. The lowest BCUT2D eigenvalue weighted by molar-refractivity contribution is -0.138. The van der Waals surface area contributed by atoms with Gasteiger partial charge in [0.2, 0.25) is 0 Å². The normalized spacial score (nSPS) is 14.4. The lowest BCUT2D eigenvalue weighted by atomic mass is 10.0. The minimum Gasteiger partial charge on any atom is -0.496 e. The number of imide groups is 1. The van der Waals surface area contributed by atoms with Gasteiger partial charge in [-0.1, -0.05) is 29.8 Å². The van der Waals surface area contributed by atoms with E-state index >= 15 is 0 Å². The predicted molar refractivity (Wildman–Crippen MR) is 107 cm³/mol. The maximum atomic E-state index is 13.1. The van der Waals surface area contributed by atoms with Gasteiger partial charge in [-0.2, -0.15) is 0 Å². The minimum atomic E-state index is -0.356. The van der Waals surface area contributed by atoms with Gasteiger partial charge in [-0.3, -0.25) is 14.5 Å². The van der Waals surface area contributed by atoms with E-state index in [4.69, 9.17) is 16.3 Å². The fourth-order valence-electron chi connectivity index (χ4n) is 3.14. The number of anilines is 1. The SMILES string of the molecule is COc1ccccc1C1=C(Nc2ccc(Cl)cc2C)C(=O)N(C(C)C)C1=O. The molecule has 1 aliphatic rings. The molecule has 2 aromatic carbocycles. The third-order valence-corrected chi connectivity index (χ3v) is 4.69. The summed E-state index contributed by atoms with van der Waals surface area (Å²) in [5, 5.41) is 3.76. The first-order valence-corrected chi connectivity index (χ1v) is 9.01. The Bertz CT molecular complexity index is 950. The van der Waals surface area contributed by atoms with Gasteiger partial charge >= 0.3 is 0 Å². The van der Waals surface area contributed by atoms with Gasteiger partial charge in [0.25, 0.3) is 11.8 Å². The quantitative estimate of drug-likeness (QED) is 0.782. The Hall–Kier alpha value is -2.79. The van der Waals surface area contributed by atoms with E-state index < -0.39 is 0 Å². The van der Waals surface area contributed by atoms with E-state index in [1.54, 1.807) is 30.3 Å². The highest BCUT2D eigenvalue weighted by molar-refractivity contribution is 6.37. The van der Waals surface area contributed by atoms with Gasteiger partial charge in [-0.15, -0.1) is 0 Å². The van der Waals surface area contributed by atoms with E-state index in [1.807, 2.05) is 32.9 Å². The van der Waals surface area contributed by atoms with Crippen molar-refractivity contribution in [1.29, 1.82) is 0 Å². The Morgan fingerprint density at radius 2 is 1.78 bits per heavy atom. The third-order valence-electron chi connectivity index (χ3n) is 4.46. The number of ether oxygens (including phenoxy) is 1. The number of aryl methyl sites for hydroxylation is 1. The Labute approximate surface area is 163 Å². The summed E-state index contributed by atoms with van der Waals surface area (Å²) in [6.45, 7) is 5.51. The summed E-state index contributed by atoms with van der Waals surface area (Å²) in [6.07, 6.45) is 0. The van der Waals surface area contributed by atoms with Crippen LogP contribution in [0.5, 0.6) is 5.75 Å². The van der Waals surface area contributed by atoms with E-state index in [9.17, 15) is 9.59 Å². The first-order chi connectivity index (χ1) is 12.8. The van der Waals surface area contributed by atoms with Gasteiger partial charge in [-0.05, 0) is 50.6 Å². The summed E-state index contributed by atoms with van der Waals surface area (Å²) in [4.78, 5) is 27.4. The van der Waals surface area contributed by atoms with Crippen LogP contribution in [0.1, 0.15) is 25.0 Å². The average molecular weight is 385 g/mol. The fourth-order valence-corrected chi connectivity index (χ4v) is 3.36. The van der Waals surface area contributed by atoms with Crippen LogP contribution in [0.2, 0.25) is 5.02 Å². The van der Waals surface area contributed by atoms with Gasteiger partial charge < -0.3 is 10.1 Å². The topological polar surface area (TPSA) is 58.6 Å². The average Bonchev–Trinajstić information content (AvgIpc) is 2.87. The molecule has 140 valence electrons. The molecule has 2 aromatic rings. The highest BCUT2D eigenvalue weighted by Gasteiger charge is 2.41. The largest absolute Gasteiger partial charge is 0.496 e. The highest BCUT2D eigenvalue weighted by atomic mass is 35.5. The van der Waals surface area contributed by atoms with Crippen molar-refractivity contribution in [2.24, 2.45) is 0 Å². The third kappa shape index (κ3) is 3.43. The molecular formula is C21H21ClN2O3. The molecule has 0 aliphatic carbocycles. The summed E-state index contributed by atoms with van der Waals surface area (Å²) in [6, 6.07) is 12.2. The van der Waals surface area contributed by atoms with Crippen LogP contribution in [0.4, 0.5) is 5.69 Å². The van der Waals surface area contributed by atoms with Gasteiger partial charge in [0.05, 0.1) is 12.7 Å². The summed E-state index contributed by atoms with van der Waals surface area (Å²) in [5.41, 5.74) is 2.71. The van der Waals surface area contributed by atoms with E-state index in [0.29, 0.717) is 27.6 Å². The minimum absolute atomic E-state index is 0.239. The Balaban J connectivity index is 2.17. The summed E-state index contributed by atoms with van der Waals surface area (Å²) >= 11 is 6.03. The van der Waals surface area contributed by atoms with Crippen molar-refractivity contribution < 1.29 is 14.3 Å². The van der Waals surface area contributed by atoms with E-state index in [0.717, 1.165) is 5.56 Å². The van der Waals surface area contributed by atoms with Crippen LogP contribution >= 0.6 is 11.6 Å². The molecule has 0 aromatic heterocycles. The highest BCUT2D eigenvalue weighted by Crippen LogP contribution is 2.36. The molecule has 5 nitrogen and oxygen atoms in total. The molecule has 0 fully saturated rings. The number of nitrogens with one attached hydrogen (secondary N) is 1. The molecule has 0 bridgehead atoms. The van der Waals surface area contributed by atoms with Crippen molar-refractivity contribution in [2.45, 2.75) is 26.8 Å². The van der Waals surface area contributed by atoms with Gasteiger partial charge in [0.15, 0.2) is 0 Å². The molecule has 2 amide bonds. The van der Waals surface area contributed by atoms with E-state index in [2.05, 4.69) is 5.32 Å². The van der Waals surface area contributed by atoms with Crippen molar-refractivity contribution in [3.63, 3.8) is 0 Å². The summed E-state index contributed by atoms with van der Waals surface area (Å²) in [5.74, 6) is -0.162. The molecule has 0 saturated carbocycles. The van der Waals surface area contributed by atoms with Crippen LogP contribution in [0, 0.1) is 6.92 Å². The number of para-hydroxylation sites is 1. The molecule has 3 rings (SSSR count). The molecule has 0 saturated heterocycles. The van der Waals surface area contributed by atoms with Crippen LogP contribution in [-0.4, -0.2) is 29.9 Å². The Kier molecular flexibility index (Phi) is 5.24. The van der Waals surface area contributed by atoms with Gasteiger partial charge in [0, 0.05) is 22.3 Å². The maximum Gasteiger partial charge on any atom is 0.278 e. The summed E-state index contributed by atoms with van der Waals surface area (Å²) < 4.78 is 5.41. The predicted octanol–water partition coefficient (Wildman–Crippen LogP) is 4.26. The zero-order valence-corrected chi connectivity index (χ0v) is 16.4. The standard InChI is InChI=1S/C21H21ClN2O3/c1-12(2)24-20(25)18(15-7-5-6-8-17(15)27-4)19(21(24)26)23-16-10-9-14(22)11-13(16)3/h5-12,23H,1-4H3. The molecule has 0 spiro atoms. The van der Waals surface area contributed by atoms with Crippen LogP contribution < -0.4 is 10.1 Å². The number of amides is 2. The molecular weight excluding hydrogens is 364 g/mol. The molecule has 0 radical (unpaired) electrons. The smallest absolute Gasteiger partial charge is 0.278 e. The first kappa shape index (κ1) is 19.0. The molecule has 1 N–H and O–H groups in total. The number of rotatable bonds is 5. The molecule has 0 unspecified atom stereocenters. The number of nitrogens with zero attached hydrogens (tertiary/aromatic N) is 1. The fraction of sp³-hybridized carbons (Fsp3) is 0.238. The number of methoxy groups -OCH3 is 1. The monoisotopic (exact) mass is 384 g/mol. The second-order valence-corrected chi connectivity index (χ2v) is 7.05. The number of carbonyl (C=O) groups is 2. The zero-order valence-electron chi connectivity index (χ0n) is 15.7. The second-order valence-electron chi connectivity index (χ2n) is 6.61.